The van der Waals surface area contributed by atoms with Gasteiger partial charge in [-0.15, -0.1) is 0 Å². The van der Waals surface area contributed by atoms with Gasteiger partial charge in [0.05, 0.1) is 51.1 Å². The van der Waals surface area contributed by atoms with Crippen molar-refractivity contribution >= 4 is 24.0 Å². The smallest absolute Gasteiger partial charge is 0.213 e. The van der Waals surface area contributed by atoms with E-state index in [0.29, 0.717) is 19.1 Å². The lowest BCUT2D eigenvalue weighted by atomic mass is 10.1. The molecule has 178 valence electrons. The summed E-state index contributed by atoms with van der Waals surface area (Å²) in [7, 11) is 1.60. The Hall–Kier alpha value is -2.81. The SMILES string of the molecule is C=N/C(=C\NCNc1ccc(OC)nc1)C(=C(C)C)N1C=C(CN2CCOCC2)C=C(Cl)C1. The first-order valence-corrected chi connectivity index (χ1v) is 11.3. The predicted octanol–water partition coefficient (Wildman–Crippen LogP) is 3.54. The van der Waals surface area contributed by atoms with E-state index in [9.17, 15) is 0 Å². The summed E-state index contributed by atoms with van der Waals surface area (Å²) in [5.74, 6) is 0.579. The summed E-state index contributed by atoms with van der Waals surface area (Å²) in [6, 6.07) is 3.72. The molecule has 0 atom stereocenters. The first-order chi connectivity index (χ1) is 16.0. The zero-order chi connectivity index (χ0) is 23.6. The van der Waals surface area contributed by atoms with Crippen LogP contribution in [0, 0.1) is 0 Å². The molecule has 9 heteroatoms. The zero-order valence-corrected chi connectivity index (χ0v) is 20.4. The lowest BCUT2D eigenvalue weighted by Crippen LogP contribution is -2.38. The molecule has 0 saturated carbocycles. The Kier molecular flexibility index (Phi) is 9.35. The van der Waals surface area contributed by atoms with Crippen molar-refractivity contribution in [3.63, 3.8) is 0 Å². The van der Waals surface area contributed by atoms with Gasteiger partial charge < -0.3 is 25.0 Å². The van der Waals surface area contributed by atoms with Crippen LogP contribution in [-0.2, 0) is 4.74 Å². The molecule has 33 heavy (non-hydrogen) atoms. The van der Waals surface area contributed by atoms with Crippen molar-refractivity contribution in [3.05, 3.63) is 64.4 Å². The molecular formula is C24H33ClN6O2. The van der Waals surface area contributed by atoms with Crippen LogP contribution in [0.3, 0.4) is 0 Å². The number of halogens is 1. The Labute approximate surface area is 201 Å². The van der Waals surface area contributed by atoms with E-state index in [0.717, 1.165) is 66.1 Å². The van der Waals surface area contributed by atoms with Gasteiger partial charge in [-0.1, -0.05) is 17.2 Å². The monoisotopic (exact) mass is 472 g/mol. The number of morpholine rings is 1. The average Bonchev–Trinajstić information content (AvgIpc) is 2.81. The van der Waals surface area contributed by atoms with Crippen LogP contribution in [0.25, 0.3) is 0 Å². The molecule has 0 spiro atoms. The fraction of sp³-hybridized carbons (Fsp3) is 0.417. The molecule has 0 radical (unpaired) electrons. The standard InChI is InChI=1S/C24H33ClN6O2/c1-18(2)24(22(26-3)13-27-17-29-21-5-6-23(32-4)28-12-21)31-15-19(11-20(25)16-31)14-30-7-9-33-10-8-30/h5-6,11-13,15,27,29H,3,7-10,14,16-17H2,1-2,4H3/b22-13-. The van der Waals surface area contributed by atoms with E-state index in [1.807, 2.05) is 18.3 Å². The Morgan fingerprint density at radius 2 is 2.12 bits per heavy atom. The van der Waals surface area contributed by atoms with E-state index in [1.165, 1.54) is 0 Å². The van der Waals surface area contributed by atoms with E-state index >= 15 is 0 Å². The van der Waals surface area contributed by atoms with Crippen molar-refractivity contribution in [2.24, 2.45) is 4.99 Å². The highest BCUT2D eigenvalue weighted by molar-refractivity contribution is 6.30. The van der Waals surface area contributed by atoms with Gasteiger partial charge in [-0.3, -0.25) is 9.89 Å². The maximum absolute atomic E-state index is 6.54. The first kappa shape index (κ1) is 24.8. The molecule has 1 saturated heterocycles. The minimum Gasteiger partial charge on any atom is -0.481 e. The average molecular weight is 473 g/mol. The number of allylic oxidation sites excluding steroid dienone is 1. The molecule has 1 aromatic rings. The van der Waals surface area contributed by atoms with Crippen LogP contribution in [0.2, 0.25) is 0 Å². The van der Waals surface area contributed by atoms with Gasteiger partial charge in [0.1, 0.15) is 5.70 Å². The molecule has 0 aliphatic carbocycles. The predicted molar refractivity (Wildman–Crippen MR) is 134 cm³/mol. The number of nitrogens with zero attached hydrogens (tertiary/aromatic N) is 4. The highest BCUT2D eigenvalue weighted by Crippen LogP contribution is 2.27. The fourth-order valence-corrected chi connectivity index (χ4v) is 3.99. The number of aromatic nitrogens is 1. The van der Waals surface area contributed by atoms with E-state index in [-0.39, 0.29) is 0 Å². The second-order valence-electron chi connectivity index (χ2n) is 7.99. The van der Waals surface area contributed by atoms with Gasteiger partial charge in [-0.05, 0) is 38.3 Å². The Morgan fingerprint density at radius 3 is 2.76 bits per heavy atom. The molecular weight excluding hydrogens is 440 g/mol. The summed E-state index contributed by atoms with van der Waals surface area (Å²) in [5.41, 5.74) is 4.90. The van der Waals surface area contributed by atoms with Gasteiger partial charge in [0.25, 0.3) is 0 Å². The molecule has 2 aliphatic rings. The number of ether oxygens (including phenoxy) is 2. The summed E-state index contributed by atoms with van der Waals surface area (Å²) in [4.78, 5) is 13.0. The number of hydrogen-bond donors (Lipinski definition) is 2. The molecule has 1 fully saturated rings. The third-order valence-electron chi connectivity index (χ3n) is 5.25. The molecule has 2 N–H and O–H groups in total. The van der Waals surface area contributed by atoms with Crippen LogP contribution in [-0.4, -0.2) is 74.7 Å². The van der Waals surface area contributed by atoms with Crippen molar-refractivity contribution in [1.82, 2.24) is 20.1 Å². The maximum Gasteiger partial charge on any atom is 0.213 e. The van der Waals surface area contributed by atoms with Crippen LogP contribution >= 0.6 is 11.6 Å². The Bertz CT molecular complexity index is 929. The molecule has 0 amide bonds. The molecule has 2 aliphatic heterocycles. The molecule has 0 unspecified atom stereocenters. The topological polar surface area (TPSA) is 74.3 Å². The van der Waals surface area contributed by atoms with Crippen LogP contribution in [0.15, 0.2) is 69.4 Å². The van der Waals surface area contributed by atoms with Gasteiger partial charge in [-0.25, -0.2) is 4.98 Å². The van der Waals surface area contributed by atoms with Crippen LogP contribution in [0.1, 0.15) is 13.8 Å². The number of rotatable bonds is 10. The normalized spacial score (nSPS) is 17.1. The van der Waals surface area contributed by atoms with E-state index in [1.54, 1.807) is 13.3 Å². The molecule has 8 nitrogen and oxygen atoms in total. The number of methoxy groups -OCH3 is 1. The Morgan fingerprint density at radius 1 is 1.33 bits per heavy atom. The molecule has 1 aromatic heterocycles. The molecule has 3 heterocycles. The molecule has 0 bridgehead atoms. The summed E-state index contributed by atoms with van der Waals surface area (Å²) in [6.45, 7) is 13.3. The van der Waals surface area contributed by atoms with E-state index < -0.39 is 0 Å². The highest BCUT2D eigenvalue weighted by atomic mass is 35.5. The van der Waals surface area contributed by atoms with Crippen molar-refractivity contribution < 1.29 is 9.47 Å². The van der Waals surface area contributed by atoms with Crippen molar-refractivity contribution in [1.29, 1.82) is 0 Å². The summed E-state index contributed by atoms with van der Waals surface area (Å²) < 4.78 is 10.5. The van der Waals surface area contributed by atoms with Gasteiger partial charge >= 0.3 is 0 Å². The second kappa shape index (κ2) is 12.4. The van der Waals surface area contributed by atoms with E-state index in [2.05, 4.69) is 63.3 Å². The van der Waals surface area contributed by atoms with Crippen LogP contribution < -0.4 is 15.4 Å². The van der Waals surface area contributed by atoms with Crippen molar-refractivity contribution in [3.8, 4) is 5.88 Å². The quantitative estimate of drug-likeness (QED) is 0.233. The lowest BCUT2D eigenvalue weighted by molar-refractivity contribution is 0.0424. The minimum absolute atomic E-state index is 0.502. The summed E-state index contributed by atoms with van der Waals surface area (Å²) in [6.07, 6.45) is 7.80. The highest BCUT2D eigenvalue weighted by Gasteiger charge is 2.20. The number of nitrogens with one attached hydrogen (secondary N) is 2. The van der Waals surface area contributed by atoms with Crippen molar-refractivity contribution in [2.45, 2.75) is 13.8 Å². The largest absolute Gasteiger partial charge is 0.481 e. The lowest BCUT2D eigenvalue weighted by Gasteiger charge is -2.32. The number of aliphatic imine (C=N–C) groups is 1. The van der Waals surface area contributed by atoms with Crippen molar-refractivity contribution in [2.75, 3.05) is 58.5 Å². The second-order valence-corrected chi connectivity index (χ2v) is 8.48. The van der Waals surface area contributed by atoms with Gasteiger partial charge in [0.15, 0.2) is 0 Å². The third kappa shape index (κ3) is 7.35. The summed E-state index contributed by atoms with van der Waals surface area (Å²) >= 11 is 6.54. The maximum atomic E-state index is 6.54. The fourth-order valence-electron chi connectivity index (χ4n) is 3.73. The number of pyridine rings is 1. The van der Waals surface area contributed by atoms with Crippen LogP contribution in [0.4, 0.5) is 5.69 Å². The number of anilines is 1. The zero-order valence-electron chi connectivity index (χ0n) is 19.6. The third-order valence-corrected chi connectivity index (χ3v) is 5.48. The van der Waals surface area contributed by atoms with Crippen LogP contribution in [0.5, 0.6) is 5.88 Å². The first-order valence-electron chi connectivity index (χ1n) is 11.0. The number of hydrogen-bond acceptors (Lipinski definition) is 8. The minimum atomic E-state index is 0.502. The molecule has 0 aromatic carbocycles. The van der Waals surface area contributed by atoms with Gasteiger partial charge in [-0.2, -0.15) is 0 Å². The van der Waals surface area contributed by atoms with Gasteiger partial charge in [0, 0.05) is 43.1 Å². The Balaban J connectivity index is 1.67. The van der Waals surface area contributed by atoms with Gasteiger partial charge in [0.2, 0.25) is 5.88 Å². The molecule has 3 rings (SSSR count). The van der Waals surface area contributed by atoms with E-state index in [4.69, 9.17) is 21.1 Å². The summed E-state index contributed by atoms with van der Waals surface area (Å²) in [5, 5.41) is 7.31.